The van der Waals surface area contributed by atoms with Crippen molar-refractivity contribution < 1.29 is 13.2 Å². The molecule has 2 aromatic carbocycles. The molecule has 0 amide bonds. The monoisotopic (exact) mass is 453 g/mol. The normalized spacial score (nSPS) is 25.2. The van der Waals surface area contributed by atoms with Crippen molar-refractivity contribution in [3.63, 3.8) is 0 Å². The van der Waals surface area contributed by atoms with Crippen LogP contribution in [-0.4, -0.2) is 57.0 Å². The van der Waals surface area contributed by atoms with E-state index in [2.05, 4.69) is 11.0 Å². The van der Waals surface area contributed by atoms with Gasteiger partial charge in [-0.2, -0.15) is 9.57 Å². The zero-order valence-electron chi connectivity index (χ0n) is 18.8. The van der Waals surface area contributed by atoms with Crippen LogP contribution < -0.4 is 4.74 Å². The topological polar surface area (TPSA) is 73.6 Å². The second-order valence-corrected chi connectivity index (χ2v) is 10.8. The van der Waals surface area contributed by atoms with E-state index >= 15 is 0 Å². The Bertz CT molecular complexity index is 1080. The predicted molar refractivity (Wildman–Crippen MR) is 124 cm³/mol. The fraction of sp³-hybridized carbons (Fsp3) is 0.480. The smallest absolute Gasteiger partial charge is 0.243 e. The van der Waals surface area contributed by atoms with Gasteiger partial charge in [0.25, 0.3) is 0 Å². The molecule has 0 spiro atoms. The van der Waals surface area contributed by atoms with Gasteiger partial charge in [-0.3, -0.25) is 4.90 Å². The molecule has 1 heterocycles. The summed E-state index contributed by atoms with van der Waals surface area (Å²) in [5.74, 6) is 0.783. The summed E-state index contributed by atoms with van der Waals surface area (Å²) in [6, 6.07) is 17.9. The third kappa shape index (κ3) is 4.40. The molecule has 6 nitrogen and oxygen atoms in total. The number of methoxy groups -OCH3 is 1. The highest BCUT2D eigenvalue weighted by molar-refractivity contribution is 7.89. The number of hydrogen-bond acceptors (Lipinski definition) is 5. The van der Waals surface area contributed by atoms with Crippen LogP contribution in [0.25, 0.3) is 0 Å². The number of piperazine rings is 1. The van der Waals surface area contributed by atoms with Crippen molar-refractivity contribution in [2.45, 2.75) is 49.0 Å². The molecule has 1 aliphatic heterocycles. The Kier molecular flexibility index (Phi) is 6.57. The van der Waals surface area contributed by atoms with E-state index in [0.717, 1.165) is 55.6 Å². The van der Waals surface area contributed by atoms with E-state index in [1.807, 2.05) is 43.3 Å². The lowest BCUT2D eigenvalue weighted by molar-refractivity contribution is 0.0989. The number of aryl methyl sites for hydroxylation is 1. The van der Waals surface area contributed by atoms with Crippen LogP contribution in [-0.2, 0) is 15.4 Å². The van der Waals surface area contributed by atoms with Crippen LogP contribution in [0, 0.1) is 18.3 Å². The van der Waals surface area contributed by atoms with E-state index in [9.17, 15) is 13.7 Å². The van der Waals surface area contributed by atoms with Crippen LogP contribution in [0.5, 0.6) is 5.75 Å². The molecule has 0 N–H and O–H groups in total. The molecule has 2 aromatic rings. The lowest BCUT2D eigenvalue weighted by Gasteiger charge is -2.43. The van der Waals surface area contributed by atoms with Crippen LogP contribution >= 0.6 is 0 Å². The van der Waals surface area contributed by atoms with Crippen LogP contribution in [0.3, 0.4) is 0 Å². The minimum atomic E-state index is -3.45. The summed E-state index contributed by atoms with van der Waals surface area (Å²) in [6.07, 6.45) is 3.50. The van der Waals surface area contributed by atoms with Crippen molar-refractivity contribution >= 4 is 10.0 Å². The van der Waals surface area contributed by atoms with E-state index in [1.165, 1.54) is 0 Å². The molecule has 32 heavy (non-hydrogen) atoms. The van der Waals surface area contributed by atoms with Gasteiger partial charge in [0.15, 0.2) is 0 Å². The second-order valence-electron chi connectivity index (χ2n) is 8.91. The third-order valence-electron chi connectivity index (χ3n) is 7.09. The van der Waals surface area contributed by atoms with Gasteiger partial charge in [-0.15, -0.1) is 0 Å². The van der Waals surface area contributed by atoms with Crippen molar-refractivity contribution in [1.82, 2.24) is 9.21 Å². The Labute approximate surface area is 191 Å². The highest BCUT2D eigenvalue weighted by atomic mass is 32.2. The zero-order valence-corrected chi connectivity index (χ0v) is 19.6. The Morgan fingerprint density at radius 2 is 1.69 bits per heavy atom. The van der Waals surface area contributed by atoms with Crippen LogP contribution in [0.1, 0.15) is 36.8 Å². The number of nitriles is 1. The fourth-order valence-electron chi connectivity index (χ4n) is 5.01. The molecule has 1 saturated heterocycles. The maximum absolute atomic E-state index is 13.0. The van der Waals surface area contributed by atoms with E-state index in [-0.39, 0.29) is 0 Å². The maximum atomic E-state index is 13.0. The standard InChI is InChI=1S/C25H31N3O3S/c1-20-6-8-24(9-7-20)32(29,30)28-16-14-27(15-17-28)22-10-12-25(19-26,13-11-22)21-4-3-5-23(18-21)31-2/h3-9,18,22H,10-17H2,1-2H3. The zero-order chi connectivity index (χ0) is 22.8. The van der Waals surface area contributed by atoms with E-state index < -0.39 is 15.4 Å². The number of ether oxygens (including phenoxy) is 1. The summed E-state index contributed by atoms with van der Waals surface area (Å²) in [5, 5.41) is 10.0. The molecule has 0 aromatic heterocycles. The molecule has 170 valence electrons. The summed E-state index contributed by atoms with van der Waals surface area (Å²) < 4.78 is 32.9. The quantitative estimate of drug-likeness (QED) is 0.690. The Hall–Kier alpha value is -2.40. The SMILES string of the molecule is COc1cccc(C2(C#N)CCC(N3CCN(S(=O)(=O)c4ccc(C)cc4)CC3)CC2)c1. The van der Waals surface area contributed by atoms with Crippen molar-refractivity contribution in [2.24, 2.45) is 0 Å². The maximum Gasteiger partial charge on any atom is 0.243 e. The molecule has 1 saturated carbocycles. The first-order chi connectivity index (χ1) is 15.4. The minimum absolute atomic E-state index is 0.367. The van der Waals surface area contributed by atoms with Crippen molar-refractivity contribution in [3.8, 4) is 11.8 Å². The first-order valence-electron chi connectivity index (χ1n) is 11.2. The lowest BCUT2D eigenvalue weighted by atomic mass is 9.69. The first-order valence-corrected chi connectivity index (χ1v) is 12.7. The summed E-state index contributed by atoms with van der Waals surface area (Å²) in [4.78, 5) is 2.78. The summed E-state index contributed by atoms with van der Waals surface area (Å²) >= 11 is 0. The molecular formula is C25H31N3O3S. The van der Waals surface area contributed by atoms with Gasteiger partial charge in [0.05, 0.1) is 23.5 Å². The molecule has 0 unspecified atom stereocenters. The number of sulfonamides is 1. The Balaban J connectivity index is 1.37. The minimum Gasteiger partial charge on any atom is -0.497 e. The summed E-state index contributed by atoms with van der Waals surface area (Å²) in [6.45, 7) is 4.43. The van der Waals surface area contributed by atoms with Crippen molar-refractivity contribution in [2.75, 3.05) is 33.3 Å². The van der Waals surface area contributed by atoms with E-state index in [4.69, 9.17) is 4.74 Å². The number of rotatable bonds is 5. The second kappa shape index (κ2) is 9.22. The number of hydrogen-bond donors (Lipinski definition) is 0. The Morgan fingerprint density at radius 1 is 1.03 bits per heavy atom. The first kappa shape index (κ1) is 22.8. The highest BCUT2D eigenvalue weighted by Crippen LogP contribution is 2.41. The van der Waals surface area contributed by atoms with Gasteiger partial charge < -0.3 is 4.74 Å². The highest BCUT2D eigenvalue weighted by Gasteiger charge is 2.40. The van der Waals surface area contributed by atoms with Crippen LogP contribution in [0.4, 0.5) is 0 Å². The van der Waals surface area contributed by atoms with Gasteiger partial charge in [0.2, 0.25) is 10.0 Å². The average Bonchev–Trinajstić information content (AvgIpc) is 2.84. The van der Waals surface area contributed by atoms with E-state index in [1.54, 1.807) is 23.5 Å². The molecule has 0 atom stereocenters. The predicted octanol–water partition coefficient (Wildman–Crippen LogP) is 3.71. The van der Waals surface area contributed by atoms with Crippen molar-refractivity contribution in [3.05, 3.63) is 59.7 Å². The van der Waals surface area contributed by atoms with Gasteiger partial charge in [0.1, 0.15) is 5.75 Å². The lowest BCUT2D eigenvalue weighted by Crippen LogP contribution is -2.53. The fourth-order valence-corrected chi connectivity index (χ4v) is 6.44. The largest absolute Gasteiger partial charge is 0.497 e. The number of benzene rings is 2. The molecule has 0 radical (unpaired) electrons. The van der Waals surface area contributed by atoms with Gasteiger partial charge in [-0.05, 0) is 62.4 Å². The molecule has 2 aliphatic rings. The summed E-state index contributed by atoms with van der Waals surface area (Å²) in [7, 11) is -1.80. The van der Waals surface area contributed by atoms with Crippen LogP contribution in [0.15, 0.2) is 53.4 Å². The van der Waals surface area contributed by atoms with Gasteiger partial charge in [0, 0.05) is 32.2 Å². The molecule has 4 rings (SSSR count). The summed E-state index contributed by atoms with van der Waals surface area (Å²) in [5.41, 5.74) is 1.61. The Morgan fingerprint density at radius 3 is 2.28 bits per heavy atom. The van der Waals surface area contributed by atoms with E-state index in [0.29, 0.717) is 24.0 Å². The molecule has 2 fully saturated rings. The molecular weight excluding hydrogens is 422 g/mol. The average molecular weight is 454 g/mol. The molecule has 1 aliphatic carbocycles. The van der Waals surface area contributed by atoms with Gasteiger partial charge >= 0.3 is 0 Å². The number of nitrogens with zero attached hydrogens (tertiary/aromatic N) is 3. The van der Waals surface area contributed by atoms with Crippen molar-refractivity contribution in [1.29, 1.82) is 5.26 Å². The molecule has 7 heteroatoms. The van der Waals surface area contributed by atoms with Gasteiger partial charge in [-0.1, -0.05) is 29.8 Å². The van der Waals surface area contributed by atoms with Gasteiger partial charge in [-0.25, -0.2) is 8.42 Å². The third-order valence-corrected chi connectivity index (χ3v) is 9.01. The van der Waals surface area contributed by atoms with Crippen LogP contribution in [0.2, 0.25) is 0 Å². The molecule has 0 bridgehead atoms.